The predicted octanol–water partition coefficient (Wildman–Crippen LogP) is 7.16. The number of hydrogen-bond donors (Lipinski definition) is 1. The summed E-state index contributed by atoms with van der Waals surface area (Å²) in [5.74, 6) is 0.179. The first-order valence-electron chi connectivity index (χ1n) is 13.9. The fourth-order valence-corrected chi connectivity index (χ4v) is 5.88. The molecule has 0 unspecified atom stereocenters. The summed E-state index contributed by atoms with van der Waals surface area (Å²) in [6, 6.07) is 17.1. The van der Waals surface area contributed by atoms with Crippen LogP contribution >= 0.6 is 11.3 Å². The first-order chi connectivity index (χ1) is 21.0. The second kappa shape index (κ2) is 12.9. The van der Waals surface area contributed by atoms with E-state index >= 15 is 0 Å². The van der Waals surface area contributed by atoms with E-state index in [9.17, 15) is 18.0 Å². The largest absolute Gasteiger partial charge is 0.573 e. The van der Waals surface area contributed by atoms with Crippen molar-refractivity contribution in [3.05, 3.63) is 105 Å². The Kier molecular flexibility index (Phi) is 9.00. The molecule has 1 N–H and O–H groups in total. The van der Waals surface area contributed by atoms with Gasteiger partial charge < -0.3 is 10.1 Å². The molecule has 0 fully saturated rings. The van der Waals surface area contributed by atoms with E-state index in [0.29, 0.717) is 22.9 Å². The molecular weight excluding hydrogens is 589 g/mol. The van der Waals surface area contributed by atoms with Gasteiger partial charge in [0.05, 0.1) is 11.4 Å². The average Bonchev–Trinajstić information content (AvgIpc) is 3.58. The number of halogens is 3. The Morgan fingerprint density at radius 1 is 1.00 bits per heavy atom. The molecule has 0 spiro atoms. The van der Waals surface area contributed by atoms with E-state index in [2.05, 4.69) is 58.0 Å². The third-order valence-corrected chi connectivity index (χ3v) is 7.84. The van der Waals surface area contributed by atoms with Crippen molar-refractivity contribution in [1.82, 2.24) is 24.6 Å². The van der Waals surface area contributed by atoms with Crippen molar-refractivity contribution in [1.29, 1.82) is 0 Å². The number of urea groups is 1. The predicted molar refractivity (Wildman–Crippen MR) is 163 cm³/mol. The lowest BCUT2D eigenvalue weighted by atomic mass is 10.0. The number of thiazole rings is 1. The quantitative estimate of drug-likeness (QED) is 0.187. The molecule has 12 heteroatoms. The van der Waals surface area contributed by atoms with Crippen LogP contribution < -0.4 is 14.9 Å². The summed E-state index contributed by atoms with van der Waals surface area (Å²) in [4.78, 5) is 22.0. The minimum absolute atomic E-state index is 0.305. The highest BCUT2D eigenvalue weighted by atomic mass is 32.1. The van der Waals surface area contributed by atoms with E-state index in [1.165, 1.54) is 52.2 Å². The van der Waals surface area contributed by atoms with Gasteiger partial charge in [0.25, 0.3) is 0 Å². The highest BCUT2D eigenvalue weighted by Crippen LogP contribution is 2.25. The standard InChI is InChI=1S/C32H31F3N6O2S/c1-20-16-21(2)28(22(3)17-20)41-23(4)18-44-31(41)38-30(42)36-15-5-6-24-7-9-25(10-8-24)29-37-19-40(39-29)26-11-13-27(14-12-26)43-32(33,34)35/h7-14,16-19H,5-6,15H2,1-4H3,(H,36,42)/b38-31-. The molecule has 2 aromatic heterocycles. The van der Waals surface area contributed by atoms with Crippen LogP contribution in [0.2, 0.25) is 0 Å². The molecule has 0 saturated heterocycles. The van der Waals surface area contributed by atoms with Crippen molar-refractivity contribution >= 4 is 17.4 Å². The van der Waals surface area contributed by atoms with E-state index in [1.54, 1.807) is 0 Å². The van der Waals surface area contributed by atoms with E-state index in [0.717, 1.165) is 46.5 Å². The number of nitrogens with one attached hydrogen (secondary N) is 1. The fourth-order valence-electron chi connectivity index (χ4n) is 5.02. The van der Waals surface area contributed by atoms with Gasteiger partial charge in [0.2, 0.25) is 0 Å². The second-order valence-corrected chi connectivity index (χ2v) is 11.3. The van der Waals surface area contributed by atoms with Crippen molar-refractivity contribution < 1.29 is 22.7 Å². The van der Waals surface area contributed by atoms with Crippen LogP contribution in [0.25, 0.3) is 22.8 Å². The van der Waals surface area contributed by atoms with Crippen molar-refractivity contribution in [2.45, 2.75) is 46.9 Å². The SMILES string of the molecule is Cc1cc(C)c(-n2c(C)cs/c2=N\C(=O)NCCCc2ccc(-c3ncn(-c4ccc(OC(F)(F)F)cc4)n3)cc2)c(C)c1. The van der Waals surface area contributed by atoms with Gasteiger partial charge in [-0.3, -0.25) is 4.57 Å². The first-order valence-corrected chi connectivity index (χ1v) is 14.8. The molecule has 2 amide bonds. The topological polar surface area (TPSA) is 86.3 Å². The molecule has 0 radical (unpaired) electrons. The summed E-state index contributed by atoms with van der Waals surface area (Å²) in [6.45, 7) is 8.71. The number of aromatic nitrogens is 4. The van der Waals surface area contributed by atoms with Gasteiger partial charge in [-0.1, -0.05) is 42.0 Å². The van der Waals surface area contributed by atoms with Crippen LogP contribution in [-0.4, -0.2) is 38.3 Å². The molecule has 44 heavy (non-hydrogen) atoms. The molecule has 228 valence electrons. The van der Waals surface area contributed by atoms with Crippen LogP contribution in [0, 0.1) is 27.7 Å². The summed E-state index contributed by atoms with van der Waals surface area (Å²) < 4.78 is 44.6. The Morgan fingerprint density at radius 2 is 1.68 bits per heavy atom. The maximum Gasteiger partial charge on any atom is 0.573 e. The highest BCUT2D eigenvalue weighted by molar-refractivity contribution is 7.07. The van der Waals surface area contributed by atoms with E-state index in [1.807, 2.05) is 41.1 Å². The summed E-state index contributed by atoms with van der Waals surface area (Å²) in [5.41, 5.74) is 7.99. The number of carbonyl (C=O) groups is 1. The molecular formula is C32H31F3N6O2S. The lowest BCUT2D eigenvalue weighted by Gasteiger charge is -2.14. The number of ether oxygens (including phenoxy) is 1. The van der Waals surface area contributed by atoms with Crippen LogP contribution in [0.15, 0.2) is 77.4 Å². The molecule has 0 aliphatic carbocycles. The van der Waals surface area contributed by atoms with Crippen LogP contribution in [0.5, 0.6) is 5.75 Å². The Hall–Kier alpha value is -4.71. The zero-order valence-corrected chi connectivity index (χ0v) is 25.5. The number of aryl methyl sites for hydroxylation is 5. The molecule has 3 aromatic carbocycles. The smallest absolute Gasteiger partial charge is 0.406 e. The van der Waals surface area contributed by atoms with Gasteiger partial charge >= 0.3 is 12.4 Å². The van der Waals surface area contributed by atoms with Gasteiger partial charge in [-0.2, -0.15) is 4.99 Å². The number of hydrogen-bond acceptors (Lipinski definition) is 5. The van der Waals surface area contributed by atoms with Crippen LogP contribution in [0.4, 0.5) is 18.0 Å². The Morgan fingerprint density at radius 3 is 2.34 bits per heavy atom. The third kappa shape index (κ3) is 7.43. The number of rotatable bonds is 8. The van der Waals surface area contributed by atoms with Crippen molar-refractivity contribution in [2.75, 3.05) is 6.54 Å². The van der Waals surface area contributed by atoms with Crippen LogP contribution in [-0.2, 0) is 6.42 Å². The highest BCUT2D eigenvalue weighted by Gasteiger charge is 2.31. The molecule has 5 rings (SSSR count). The zero-order chi connectivity index (χ0) is 31.4. The minimum Gasteiger partial charge on any atom is -0.406 e. The van der Waals surface area contributed by atoms with Crippen LogP contribution in [0.3, 0.4) is 0 Å². The second-order valence-electron chi connectivity index (χ2n) is 10.4. The number of carbonyl (C=O) groups excluding carboxylic acids is 1. The van der Waals surface area contributed by atoms with Crippen molar-refractivity contribution in [2.24, 2.45) is 4.99 Å². The third-order valence-electron chi connectivity index (χ3n) is 6.89. The fraction of sp³-hybridized carbons (Fsp3) is 0.250. The van der Waals surface area contributed by atoms with Crippen molar-refractivity contribution in [3.8, 4) is 28.5 Å². The van der Waals surface area contributed by atoms with Gasteiger partial charge in [0.1, 0.15) is 12.1 Å². The van der Waals surface area contributed by atoms with Crippen LogP contribution in [0.1, 0.15) is 34.4 Å². The Bertz CT molecular complexity index is 1810. The normalized spacial score (nSPS) is 12.0. The van der Waals surface area contributed by atoms with E-state index in [-0.39, 0.29) is 11.8 Å². The first kappa shape index (κ1) is 30.7. The zero-order valence-electron chi connectivity index (χ0n) is 24.6. The number of amides is 2. The van der Waals surface area contributed by atoms with Gasteiger partial charge in [0, 0.05) is 23.2 Å². The molecule has 5 aromatic rings. The Labute approximate surface area is 256 Å². The van der Waals surface area contributed by atoms with Gasteiger partial charge in [-0.15, -0.1) is 29.6 Å². The summed E-state index contributed by atoms with van der Waals surface area (Å²) >= 11 is 1.44. The molecule has 0 aliphatic rings. The lowest BCUT2D eigenvalue weighted by Crippen LogP contribution is -2.26. The maximum atomic E-state index is 12.7. The minimum atomic E-state index is -4.74. The van der Waals surface area contributed by atoms with Gasteiger partial charge in [-0.25, -0.2) is 14.5 Å². The van der Waals surface area contributed by atoms with Gasteiger partial charge in [0.15, 0.2) is 10.6 Å². The van der Waals surface area contributed by atoms with E-state index < -0.39 is 6.36 Å². The van der Waals surface area contributed by atoms with Gasteiger partial charge in [-0.05, 0) is 81.5 Å². The number of alkyl halides is 3. The molecule has 0 bridgehead atoms. The maximum absolute atomic E-state index is 12.7. The number of nitrogens with zero attached hydrogens (tertiary/aromatic N) is 5. The van der Waals surface area contributed by atoms with E-state index in [4.69, 9.17) is 0 Å². The molecule has 0 saturated carbocycles. The Balaban J connectivity index is 1.15. The van der Waals surface area contributed by atoms with Crippen molar-refractivity contribution in [3.63, 3.8) is 0 Å². The monoisotopic (exact) mass is 620 g/mol. The molecule has 8 nitrogen and oxygen atoms in total. The summed E-state index contributed by atoms with van der Waals surface area (Å²) in [7, 11) is 0. The number of benzene rings is 3. The lowest BCUT2D eigenvalue weighted by molar-refractivity contribution is -0.274. The summed E-state index contributed by atoms with van der Waals surface area (Å²) in [6.07, 6.45) is -1.75. The summed E-state index contributed by atoms with van der Waals surface area (Å²) in [5, 5.41) is 9.34. The molecule has 2 heterocycles. The average molecular weight is 621 g/mol. The molecule has 0 aliphatic heterocycles. The molecule has 0 atom stereocenters.